The molecule has 15 heavy (non-hydrogen) atoms. The maximum atomic E-state index is 11.7. The minimum absolute atomic E-state index is 0.109. The first-order valence-corrected chi connectivity index (χ1v) is 6.53. The van der Waals surface area contributed by atoms with Crippen molar-refractivity contribution in [2.24, 2.45) is 11.7 Å². The van der Waals surface area contributed by atoms with Crippen LogP contribution in [-0.4, -0.2) is 36.0 Å². The van der Waals surface area contributed by atoms with E-state index in [2.05, 4.69) is 0 Å². The molecule has 6 heteroatoms. The smallest absolute Gasteiger partial charge is 0.304 e. The van der Waals surface area contributed by atoms with E-state index >= 15 is 0 Å². The van der Waals surface area contributed by atoms with Gasteiger partial charge in [-0.1, -0.05) is 0 Å². The van der Waals surface area contributed by atoms with Crippen LogP contribution < -0.4 is 5.73 Å². The highest BCUT2D eigenvalue weighted by Crippen LogP contribution is 2.39. The van der Waals surface area contributed by atoms with Gasteiger partial charge in [0, 0.05) is 6.04 Å². The predicted molar refractivity (Wildman–Crippen MR) is 56.2 cm³/mol. The van der Waals surface area contributed by atoms with E-state index in [1.165, 1.54) is 0 Å². The fraction of sp³-hybridized carbons (Fsp3) is 0.889. The molecule has 0 amide bonds. The Morgan fingerprint density at radius 1 is 1.60 bits per heavy atom. The number of rotatable bonds is 3. The molecule has 1 heterocycles. The molecule has 5 nitrogen and oxygen atoms in total. The second-order valence-electron chi connectivity index (χ2n) is 4.58. The van der Waals surface area contributed by atoms with Gasteiger partial charge in [-0.15, -0.1) is 0 Å². The summed E-state index contributed by atoms with van der Waals surface area (Å²) in [6, 6.07) is -0.588. The highest BCUT2D eigenvalue weighted by atomic mass is 32.2. The largest absolute Gasteiger partial charge is 0.481 e. The van der Waals surface area contributed by atoms with Crippen LogP contribution >= 0.6 is 0 Å². The van der Waals surface area contributed by atoms with Crippen molar-refractivity contribution in [1.82, 2.24) is 0 Å². The SMILES string of the molecule is CC1(C)C(C(N)CC(=O)O)CCS1(=O)=O. The molecule has 1 aliphatic rings. The van der Waals surface area contributed by atoms with E-state index in [1.54, 1.807) is 13.8 Å². The molecule has 0 aromatic rings. The number of sulfone groups is 1. The number of hydrogen-bond acceptors (Lipinski definition) is 4. The molecule has 3 N–H and O–H groups in total. The van der Waals surface area contributed by atoms with Crippen LogP contribution in [0.4, 0.5) is 0 Å². The first kappa shape index (κ1) is 12.4. The summed E-state index contributed by atoms with van der Waals surface area (Å²) in [5.74, 6) is -1.14. The van der Waals surface area contributed by atoms with Gasteiger partial charge in [-0.05, 0) is 26.2 Å². The van der Waals surface area contributed by atoms with Crippen molar-refractivity contribution in [2.75, 3.05) is 5.75 Å². The van der Waals surface area contributed by atoms with Gasteiger partial charge < -0.3 is 10.8 Å². The van der Waals surface area contributed by atoms with E-state index in [9.17, 15) is 13.2 Å². The van der Waals surface area contributed by atoms with Gasteiger partial charge in [0.05, 0.1) is 16.9 Å². The van der Waals surface area contributed by atoms with Crippen molar-refractivity contribution in [1.29, 1.82) is 0 Å². The maximum Gasteiger partial charge on any atom is 0.304 e. The van der Waals surface area contributed by atoms with Crippen LogP contribution in [0, 0.1) is 5.92 Å². The van der Waals surface area contributed by atoms with E-state index in [1.807, 2.05) is 0 Å². The van der Waals surface area contributed by atoms with Crippen LogP contribution in [0.5, 0.6) is 0 Å². The molecular formula is C9H17NO4S. The summed E-state index contributed by atoms with van der Waals surface area (Å²) < 4.78 is 22.5. The van der Waals surface area contributed by atoms with Crippen molar-refractivity contribution in [2.45, 2.75) is 37.5 Å². The summed E-state index contributed by atoms with van der Waals surface area (Å²) in [6.07, 6.45) is 0.285. The molecule has 0 radical (unpaired) electrons. The van der Waals surface area contributed by atoms with Crippen LogP contribution in [0.3, 0.4) is 0 Å². The summed E-state index contributed by atoms with van der Waals surface area (Å²) in [5.41, 5.74) is 5.73. The minimum atomic E-state index is -3.13. The Balaban J connectivity index is 2.86. The average molecular weight is 235 g/mol. The predicted octanol–water partition coefficient (Wildman–Crippen LogP) is 0.00170. The lowest BCUT2D eigenvalue weighted by Crippen LogP contribution is -2.44. The van der Waals surface area contributed by atoms with Crippen LogP contribution in [0.1, 0.15) is 26.7 Å². The first-order chi connectivity index (χ1) is 6.68. The Morgan fingerprint density at radius 3 is 2.47 bits per heavy atom. The van der Waals surface area contributed by atoms with Crippen molar-refractivity contribution in [3.05, 3.63) is 0 Å². The molecule has 0 aromatic heterocycles. The summed E-state index contributed by atoms with van der Waals surface area (Å²) in [5, 5.41) is 8.62. The zero-order valence-corrected chi connectivity index (χ0v) is 9.75. The molecule has 1 rings (SSSR count). The first-order valence-electron chi connectivity index (χ1n) is 4.88. The van der Waals surface area contributed by atoms with E-state index in [4.69, 9.17) is 10.8 Å². The average Bonchev–Trinajstić information content (AvgIpc) is 2.20. The monoisotopic (exact) mass is 235 g/mol. The van der Waals surface area contributed by atoms with Crippen molar-refractivity contribution < 1.29 is 18.3 Å². The Labute approximate surface area is 89.6 Å². The van der Waals surface area contributed by atoms with Crippen LogP contribution in [0.2, 0.25) is 0 Å². The van der Waals surface area contributed by atoms with Crippen molar-refractivity contribution >= 4 is 15.8 Å². The van der Waals surface area contributed by atoms with Crippen LogP contribution in [-0.2, 0) is 14.6 Å². The van der Waals surface area contributed by atoms with Crippen molar-refractivity contribution in [3.8, 4) is 0 Å². The number of carboxylic acid groups (broad SMARTS) is 1. The zero-order valence-electron chi connectivity index (χ0n) is 8.93. The molecule has 2 unspecified atom stereocenters. The molecule has 0 saturated carbocycles. The Hall–Kier alpha value is -0.620. The van der Waals surface area contributed by atoms with E-state index in [-0.39, 0.29) is 18.1 Å². The zero-order chi connectivity index (χ0) is 11.9. The van der Waals surface area contributed by atoms with Gasteiger partial charge in [0.25, 0.3) is 0 Å². The number of carboxylic acids is 1. The third-order valence-electron chi connectivity index (χ3n) is 3.32. The number of nitrogens with two attached hydrogens (primary N) is 1. The third-order valence-corrected chi connectivity index (χ3v) is 6.00. The van der Waals surface area contributed by atoms with Gasteiger partial charge in [-0.25, -0.2) is 8.42 Å². The molecule has 1 aliphatic heterocycles. The Morgan fingerprint density at radius 2 is 2.13 bits per heavy atom. The summed E-state index contributed by atoms with van der Waals surface area (Å²) in [6.45, 7) is 3.25. The molecule has 1 fully saturated rings. The Kier molecular flexibility index (Phi) is 3.11. The van der Waals surface area contributed by atoms with Gasteiger partial charge in [0.15, 0.2) is 9.84 Å². The summed E-state index contributed by atoms with van der Waals surface area (Å²) in [7, 11) is -3.13. The highest BCUT2D eigenvalue weighted by molar-refractivity contribution is 7.93. The topological polar surface area (TPSA) is 97.5 Å². The lowest BCUT2D eigenvalue weighted by Gasteiger charge is -2.29. The van der Waals surface area contributed by atoms with Gasteiger partial charge in [-0.3, -0.25) is 4.79 Å². The molecule has 0 aliphatic carbocycles. The van der Waals surface area contributed by atoms with Gasteiger partial charge >= 0.3 is 5.97 Å². The normalized spacial score (nSPS) is 29.9. The lowest BCUT2D eigenvalue weighted by molar-refractivity contribution is -0.137. The number of hydrogen-bond donors (Lipinski definition) is 2. The molecule has 0 spiro atoms. The quantitative estimate of drug-likeness (QED) is 0.717. The molecular weight excluding hydrogens is 218 g/mol. The van der Waals surface area contributed by atoms with Gasteiger partial charge in [0.2, 0.25) is 0 Å². The molecule has 0 aromatic carbocycles. The fourth-order valence-corrected chi connectivity index (χ4v) is 4.04. The lowest BCUT2D eigenvalue weighted by atomic mass is 9.85. The van der Waals surface area contributed by atoms with E-state index in [0.29, 0.717) is 6.42 Å². The molecule has 88 valence electrons. The third kappa shape index (κ3) is 2.15. The molecule has 1 saturated heterocycles. The van der Waals surface area contributed by atoms with Gasteiger partial charge in [0.1, 0.15) is 0 Å². The second kappa shape index (κ2) is 3.75. The number of aliphatic carboxylic acids is 1. The highest BCUT2D eigenvalue weighted by Gasteiger charge is 2.49. The van der Waals surface area contributed by atoms with E-state index in [0.717, 1.165) is 0 Å². The fourth-order valence-electron chi connectivity index (χ4n) is 2.20. The van der Waals surface area contributed by atoms with Gasteiger partial charge in [-0.2, -0.15) is 0 Å². The molecule has 2 atom stereocenters. The van der Waals surface area contributed by atoms with Crippen molar-refractivity contribution in [3.63, 3.8) is 0 Å². The molecule has 0 bridgehead atoms. The summed E-state index contributed by atoms with van der Waals surface area (Å²) >= 11 is 0. The maximum absolute atomic E-state index is 11.7. The van der Waals surface area contributed by atoms with Crippen LogP contribution in [0.25, 0.3) is 0 Å². The van der Waals surface area contributed by atoms with E-state index < -0.39 is 26.6 Å². The second-order valence-corrected chi connectivity index (χ2v) is 7.27. The summed E-state index contributed by atoms with van der Waals surface area (Å²) in [4.78, 5) is 10.5. The Bertz CT molecular complexity index is 360. The van der Waals surface area contributed by atoms with Crippen LogP contribution in [0.15, 0.2) is 0 Å². The standard InChI is InChI=1S/C9H17NO4S/c1-9(2)6(3-4-15(9,13)14)7(10)5-8(11)12/h6-7H,3-5,10H2,1-2H3,(H,11,12). The number of carbonyl (C=O) groups is 1. The minimum Gasteiger partial charge on any atom is -0.481 e.